The van der Waals surface area contributed by atoms with Crippen molar-refractivity contribution in [2.75, 3.05) is 32.8 Å². The molecule has 4 aliphatic heterocycles. The average molecular weight is 428 g/mol. The van der Waals surface area contributed by atoms with E-state index in [0.29, 0.717) is 44.8 Å². The number of nitrogens with zero attached hydrogens (tertiary/aromatic N) is 1. The lowest BCUT2D eigenvalue weighted by atomic mass is 10.0. The van der Waals surface area contributed by atoms with Crippen LogP contribution in [0.4, 0.5) is 0 Å². The number of ether oxygens (including phenoxy) is 2. The van der Waals surface area contributed by atoms with Gasteiger partial charge in [-0.2, -0.15) is 0 Å². The Morgan fingerprint density at radius 1 is 1.26 bits per heavy atom. The SMILES string of the molecule is O=C1CCC(N2Cc3cccc(CNCC4COCC5(CCNC5)O4)c3C2=O)C(=O)N1. The topological polar surface area (TPSA) is 109 Å². The first-order valence-corrected chi connectivity index (χ1v) is 11.0. The first-order valence-electron chi connectivity index (χ1n) is 11.0. The van der Waals surface area contributed by atoms with Gasteiger partial charge in [-0.05, 0) is 30.5 Å². The number of fused-ring (bicyclic) bond motifs is 1. The van der Waals surface area contributed by atoms with Crippen LogP contribution in [0.2, 0.25) is 0 Å². The van der Waals surface area contributed by atoms with Crippen molar-refractivity contribution in [1.82, 2.24) is 20.9 Å². The van der Waals surface area contributed by atoms with Crippen LogP contribution in [0.15, 0.2) is 18.2 Å². The van der Waals surface area contributed by atoms with Gasteiger partial charge in [0.15, 0.2) is 0 Å². The Balaban J connectivity index is 1.22. The summed E-state index contributed by atoms with van der Waals surface area (Å²) >= 11 is 0. The normalized spacial score (nSPS) is 30.7. The number of amides is 3. The molecule has 0 aromatic heterocycles. The molecule has 0 aliphatic carbocycles. The fourth-order valence-corrected chi connectivity index (χ4v) is 5.05. The summed E-state index contributed by atoms with van der Waals surface area (Å²) in [6.07, 6.45) is 1.56. The Bertz CT molecular complexity index is 898. The number of rotatable bonds is 5. The van der Waals surface area contributed by atoms with Crippen LogP contribution in [-0.2, 0) is 32.2 Å². The summed E-state index contributed by atoms with van der Waals surface area (Å²) in [6, 6.07) is 5.22. The van der Waals surface area contributed by atoms with E-state index in [1.807, 2.05) is 18.2 Å². The summed E-state index contributed by atoms with van der Waals surface area (Å²) in [6.45, 7) is 4.52. The summed E-state index contributed by atoms with van der Waals surface area (Å²) in [4.78, 5) is 38.5. The second-order valence-electron chi connectivity index (χ2n) is 8.85. The summed E-state index contributed by atoms with van der Waals surface area (Å²) in [5.41, 5.74) is 2.28. The number of carbonyl (C=O) groups is 3. The van der Waals surface area contributed by atoms with E-state index in [2.05, 4.69) is 16.0 Å². The van der Waals surface area contributed by atoms with Gasteiger partial charge in [0.05, 0.1) is 19.3 Å². The highest BCUT2D eigenvalue weighted by molar-refractivity contribution is 6.05. The van der Waals surface area contributed by atoms with Crippen LogP contribution >= 0.6 is 0 Å². The minimum Gasteiger partial charge on any atom is -0.376 e. The van der Waals surface area contributed by atoms with Crippen molar-refractivity contribution in [2.24, 2.45) is 0 Å². The highest BCUT2D eigenvalue weighted by atomic mass is 16.6. The molecule has 4 aliphatic rings. The standard InChI is InChI=1S/C22H28N4O5/c27-18-5-4-17(20(28)25-18)26-10-15-3-1-2-14(19(15)21(26)29)8-24-9-16-11-30-13-22(31-16)6-7-23-12-22/h1-3,16-17,23-24H,4-13H2,(H,25,27,28). The number of hydrogen-bond donors (Lipinski definition) is 3. The molecule has 3 N–H and O–H groups in total. The molecule has 5 rings (SSSR count). The van der Waals surface area contributed by atoms with Crippen molar-refractivity contribution in [3.63, 3.8) is 0 Å². The minimum atomic E-state index is -0.595. The molecule has 4 heterocycles. The number of nitrogens with one attached hydrogen (secondary N) is 3. The van der Waals surface area contributed by atoms with Crippen LogP contribution in [0.5, 0.6) is 0 Å². The van der Waals surface area contributed by atoms with Crippen LogP contribution < -0.4 is 16.0 Å². The first-order chi connectivity index (χ1) is 15.0. The Morgan fingerprint density at radius 3 is 2.97 bits per heavy atom. The molecule has 1 aromatic carbocycles. The number of piperidine rings is 1. The van der Waals surface area contributed by atoms with Gasteiger partial charge in [0.1, 0.15) is 11.6 Å². The lowest BCUT2D eigenvalue weighted by Gasteiger charge is -2.38. The summed E-state index contributed by atoms with van der Waals surface area (Å²) in [5.74, 6) is -0.809. The molecule has 0 saturated carbocycles. The average Bonchev–Trinajstić information content (AvgIpc) is 3.33. The smallest absolute Gasteiger partial charge is 0.255 e. The maximum absolute atomic E-state index is 13.2. The summed E-state index contributed by atoms with van der Waals surface area (Å²) < 4.78 is 12.1. The zero-order chi connectivity index (χ0) is 21.4. The molecular formula is C22H28N4O5. The number of benzene rings is 1. The maximum Gasteiger partial charge on any atom is 0.255 e. The predicted molar refractivity (Wildman–Crippen MR) is 110 cm³/mol. The Kier molecular flexibility index (Phi) is 5.51. The Morgan fingerprint density at radius 2 is 2.16 bits per heavy atom. The van der Waals surface area contributed by atoms with Gasteiger partial charge in [0.25, 0.3) is 5.91 Å². The van der Waals surface area contributed by atoms with Gasteiger partial charge in [-0.3, -0.25) is 19.7 Å². The second-order valence-corrected chi connectivity index (χ2v) is 8.85. The lowest BCUT2D eigenvalue weighted by Crippen LogP contribution is -2.52. The predicted octanol–water partition coefficient (Wildman–Crippen LogP) is -0.315. The largest absolute Gasteiger partial charge is 0.376 e. The fraction of sp³-hybridized carbons (Fsp3) is 0.591. The van der Waals surface area contributed by atoms with E-state index in [9.17, 15) is 14.4 Å². The Hall–Kier alpha value is -2.33. The number of imide groups is 1. The van der Waals surface area contributed by atoms with E-state index < -0.39 is 6.04 Å². The van der Waals surface area contributed by atoms with E-state index in [1.54, 1.807) is 4.90 Å². The van der Waals surface area contributed by atoms with Crippen LogP contribution in [0.1, 0.15) is 40.7 Å². The van der Waals surface area contributed by atoms with Crippen LogP contribution in [0, 0.1) is 0 Å². The van der Waals surface area contributed by atoms with E-state index in [1.165, 1.54) is 0 Å². The molecule has 9 heteroatoms. The van der Waals surface area contributed by atoms with Gasteiger partial charge in [-0.15, -0.1) is 0 Å². The van der Waals surface area contributed by atoms with E-state index >= 15 is 0 Å². The van der Waals surface area contributed by atoms with Crippen LogP contribution in [-0.4, -0.2) is 73.2 Å². The second kappa shape index (κ2) is 8.31. The molecule has 1 spiro atoms. The third-order valence-electron chi connectivity index (χ3n) is 6.62. The molecule has 31 heavy (non-hydrogen) atoms. The quantitative estimate of drug-likeness (QED) is 0.552. The van der Waals surface area contributed by atoms with E-state index in [0.717, 1.165) is 30.6 Å². The Labute approximate surface area is 180 Å². The van der Waals surface area contributed by atoms with Crippen molar-refractivity contribution in [3.8, 4) is 0 Å². The zero-order valence-electron chi connectivity index (χ0n) is 17.4. The van der Waals surface area contributed by atoms with Crippen molar-refractivity contribution in [2.45, 2.75) is 50.1 Å². The molecule has 166 valence electrons. The molecule has 0 bridgehead atoms. The van der Waals surface area contributed by atoms with Gasteiger partial charge in [0, 0.05) is 38.2 Å². The summed E-state index contributed by atoms with van der Waals surface area (Å²) in [5, 5.41) is 9.10. The van der Waals surface area contributed by atoms with Crippen molar-refractivity contribution >= 4 is 17.7 Å². The third kappa shape index (κ3) is 3.98. The molecule has 3 amide bonds. The molecule has 0 radical (unpaired) electrons. The van der Waals surface area contributed by atoms with Crippen LogP contribution in [0.25, 0.3) is 0 Å². The van der Waals surface area contributed by atoms with Gasteiger partial charge < -0.3 is 25.0 Å². The van der Waals surface area contributed by atoms with Gasteiger partial charge in [0.2, 0.25) is 11.8 Å². The summed E-state index contributed by atoms with van der Waals surface area (Å²) in [7, 11) is 0. The zero-order valence-corrected chi connectivity index (χ0v) is 17.4. The highest BCUT2D eigenvalue weighted by Crippen LogP contribution is 2.30. The van der Waals surface area contributed by atoms with E-state index in [-0.39, 0.29) is 35.8 Å². The number of hydrogen-bond acceptors (Lipinski definition) is 7. The molecule has 9 nitrogen and oxygen atoms in total. The first kappa shape index (κ1) is 20.6. The van der Waals surface area contributed by atoms with Crippen molar-refractivity contribution in [3.05, 3.63) is 34.9 Å². The van der Waals surface area contributed by atoms with Crippen molar-refractivity contribution < 1.29 is 23.9 Å². The molecule has 3 fully saturated rings. The van der Waals surface area contributed by atoms with Crippen LogP contribution in [0.3, 0.4) is 0 Å². The number of carbonyl (C=O) groups excluding carboxylic acids is 3. The molecular weight excluding hydrogens is 400 g/mol. The molecule has 3 unspecified atom stereocenters. The fourth-order valence-electron chi connectivity index (χ4n) is 5.05. The molecule has 3 saturated heterocycles. The molecule has 3 atom stereocenters. The lowest BCUT2D eigenvalue weighted by molar-refractivity contribution is -0.187. The molecule has 1 aromatic rings. The van der Waals surface area contributed by atoms with E-state index in [4.69, 9.17) is 9.47 Å². The maximum atomic E-state index is 13.2. The van der Waals surface area contributed by atoms with Gasteiger partial charge >= 0.3 is 0 Å². The van der Waals surface area contributed by atoms with Gasteiger partial charge in [-0.25, -0.2) is 0 Å². The van der Waals surface area contributed by atoms with Gasteiger partial charge in [-0.1, -0.05) is 18.2 Å². The third-order valence-corrected chi connectivity index (χ3v) is 6.62. The monoisotopic (exact) mass is 428 g/mol. The minimum absolute atomic E-state index is 0.0268. The van der Waals surface area contributed by atoms with Crippen molar-refractivity contribution in [1.29, 1.82) is 0 Å². The highest BCUT2D eigenvalue weighted by Gasteiger charge is 2.41.